The van der Waals surface area contributed by atoms with Gasteiger partial charge in [0, 0.05) is 6.04 Å². The maximum absolute atomic E-state index is 13.4. The molecule has 0 bridgehead atoms. The molecule has 1 saturated carbocycles. The molecule has 0 saturated heterocycles. The van der Waals surface area contributed by atoms with Crippen molar-refractivity contribution in [1.29, 1.82) is 0 Å². The molecular weight excluding hydrogens is 350 g/mol. The number of nitrogens with one attached hydrogen (secondary N) is 1. The van der Waals surface area contributed by atoms with Crippen molar-refractivity contribution in [1.82, 2.24) is 14.9 Å². The summed E-state index contributed by atoms with van der Waals surface area (Å²) in [6.07, 6.45) is 6.80. The minimum absolute atomic E-state index is 0.130. The zero-order valence-electron chi connectivity index (χ0n) is 16.1. The quantitative estimate of drug-likeness (QED) is 0.755. The Kier molecular flexibility index (Phi) is 5.24. The third-order valence-electron chi connectivity index (χ3n) is 5.54. The zero-order valence-corrected chi connectivity index (χ0v) is 16.1. The lowest BCUT2D eigenvalue weighted by Gasteiger charge is -2.27. The number of rotatable bonds is 4. The largest absolute Gasteiger partial charge is 0.351 e. The van der Waals surface area contributed by atoms with Crippen LogP contribution in [0.4, 0.5) is 0 Å². The Bertz CT molecular complexity index is 1030. The molecule has 2 aromatic carbocycles. The van der Waals surface area contributed by atoms with Crippen LogP contribution >= 0.6 is 0 Å². The highest BCUT2D eigenvalue weighted by atomic mass is 16.2. The first-order valence-corrected chi connectivity index (χ1v) is 9.97. The second kappa shape index (κ2) is 7.97. The monoisotopic (exact) mass is 375 g/mol. The van der Waals surface area contributed by atoms with Gasteiger partial charge in [0.15, 0.2) is 0 Å². The zero-order chi connectivity index (χ0) is 19.5. The molecule has 5 nitrogen and oxygen atoms in total. The molecule has 1 aliphatic carbocycles. The summed E-state index contributed by atoms with van der Waals surface area (Å²) in [5.41, 5.74) is 3.01. The fraction of sp³-hybridized carbons (Fsp3) is 0.348. The van der Waals surface area contributed by atoms with Gasteiger partial charge in [0.2, 0.25) is 5.91 Å². The molecule has 4 rings (SSSR count). The Hall–Kier alpha value is -2.95. The molecule has 1 atom stereocenters. The number of para-hydroxylation sites is 2. The van der Waals surface area contributed by atoms with Gasteiger partial charge in [-0.2, -0.15) is 0 Å². The standard InChI is InChI=1S/C23H25N3O2/c1-16-11-13-17(14-12-16)22(23(28)25-18-7-3-2-4-8-18)26-20-10-6-5-9-19(20)24-15-21(26)27/h5-6,9-15,18,22H,2-4,7-8H2,1H3,(H,25,28). The maximum atomic E-state index is 13.4. The number of carbonyl (C=O) groups is 1. The molecule has 3 aromatic rings. The first-order chi connectivity index (χ1) is 13.6. The van der Waals surface area contributed by atoms with Gasteiger partial charge >= 0.3 is 0 Å². The lowest BCUT2D eigenvalue weighted by molar-refractivity contribution is -0.124. The van der Waals surface area contributed by atoms with E-state index in [0.29, 0.717) is 11.0 Å². The Morgan fingerprint density at radius 1 is 1.07 bits per heavy atom. The summed E-state index contributed by atoms with van der Waals surface area (Å²) >= 11 is 0. The van der Waals surface area contributed by atoms with E-state index >= 15 is 0 Å². The van der Waals surface area contributed by atoms with Crippen LogP contribution in [0.3, 0.4) is 0 Å². The average Bonchev–Trinajstić information content (AvgIpc) is 2.72. The van der Waals surface area contributed by atoms with E-state index in [1.54, 1.807) is 4.57 Å². The smallest absolute Gasteiger partial charge is 0.270 e. The van der Waals surface area contributed by atoms with Crippen molar-refractivity contribution >= 4 is 16.9 Å². The van der Waals surface area contributed by atoms with Crippen LogP contribution < -0.4 is 10.9 Å². The van der Waals surface area contributed by atoms with Crippen LogP contribution in [0.25, 0.3) is 11.0 Å². The maximum Gasteiger partial charge on any atom is 0.270 e. The predicted molar refractivity (Wildman–Crippen MR) is 110 cm³/mol. The number of aryl methyl sites for hydroxylation is 1. The number of carbonyl (C=O) groups excluding carboxylic acids is 1. The van der Waals surface area contributed by atoms with E-state index in [0.717, 1.165) is 36.8 Å². The number of fused-ring (bicyclic) bond motifs is 1. The van der Waals surface area contributed by atoms with Crippen LogP contribution in [0, 0.1) is 6.92 Å². The van der Waals surface area contributed by atoms with Gasteiger partial charge in [-0.3, -0.25) is 14.2 Å². The van der Waals surface area contributed by atoms with Gasteiger partial charge in [0.25, 0.3) is 5.56 Å². The summed E-state index contributed by atoms with van der Waals surface area (Å²) in [6, 6.07) is 14.7. The Labute approximate surface area is 164 Å². The molecule has 1 aromatic heterocycles. The SMILES string of the molecule is Cc1ccc(C(C(=O)NC2CCCCC2)n2c(=O)cnc3ccccc32)cc1. The van der Waals surface area contributed by atoms with Crippen LogP contribution in [0.5, 0.6) is 0 Å². The lowest BCUT2D eigenvalue weighted by Crippen LogP contribution is -2.43. The van der Waals surface area contributed by atoms with Gasteiger partial charge in [-0.05, 0) is 37.5 Å². The molecule has 1 unspecified atom stereocenters. The van der Waals surface area contributed by atoms with Crippen molar-refractivity contribution in [2.75, 3.05) is 0 Å². The normalized spacial score (nSPS) is 16.0. The molecule has 1 aliphatic rings. The molecule has 1 amide bonds. The minimum atomic E-state index is -0.720. The highest BCUT2D eigenvalue weighted by Crippen LogP contribution is 2.24. The molecule has 1 N–H and O–H groups in total. The van der Waals surface area contributed by atoms with Crippen LogP contribution in [-0.4, -0.2) is 21.5 Å². The van der Waals surface area contributed by atoms with Crippen molar-refractivity contribution in [3.05, 3.63) is 76.2 Å². The molecule has 0 radical (unpaired) electrons. The van der Waals surface area contributed by atoms with Gasteiger partial charge in [-0.1, -0.05) is 61.2 Å². The summed E-state index contributed by atoms with van der Waals surface area (Å²) in [6.45, 7) is 2.01. The number of hydrogen-bond acceptors (Lipinski definition) is 3. The predicted octanol–water partition coefficient (Wildman–Crippen LogP) is 3.74. The third kappa shape index (κ3) is 3.70. The third-order valence-corrected chi connectivity index (χ3v) is 5.54. The summed E-state index contributed by atoms with van der Waals surface area (Å²) in [5.74, 6) is -0.130. The fourth-order valence-corrected chi connectivity index (χ4v) is 4.04. The van der Waals surface area contributed by atoms with E-state index in [9.17, 15) is 9.59 Å². The van der Waals surface area contributed by atoms with Gasteiger partial charge < -0.3 is 5.32 Å². The number of aromatic nitrogens is 2. The van der Waals surface area contributed by atoms with Gasteiger partial charge in [0.1, 0.15) is 6.04 Å². The highest BCUT2D eigenvalue weighted by molar-refractivity contribution is 5.86. The average molecular weight is 375 g/mol. The number of benzene rings is 2. The van der Waals surface area contributed by atoms with Crippen molar-refractivity contribution in [3.8, 4) is 0 Å². The Balaban J connectivity index is 1.81. The Morgan fingerprint density at radius 2 is 1.79 bits per heavy atom. The van der Waals surface area contributed by atoms with E-state index in [-0.39, 0.29) is 17.5 Å². The van der Waals surface area contributed by atoms with Gasteiger partial charge in [0.05, 0.1) is 17.2 Å². The van der Waals surface area contributed by atoms with E-state index in [2.05, 4.69) is 10.3 Å². The molecule has 5 heteroatoms. The topological polar surface area (TPSA) is 64.0 Å². The Morgan fingerprint density at radius 3 is 2.54 bits per heavy atom. The number of nitrogens with zero attached hydrogens (tertiary/aromatic N) is 2. The first-order valence-electron chi connectivity index (χ1n) is 9.97. The summed E-state index contributed by atoms with van der Waals surface area (Å²) in [4.78, 5) is 30.5. The highest BCUT2D eigenvalue weighted by Gasteiger charge is 2.27. The van der Waals surface area contributed by atoms with Crippen molar-refractivity contribution in [2.45, 2.75) is 51.1 Å². The summed E-state index contributed by atoms with van der Waals surface area (Å²) in [7, 11) is 0. The van der Waals surface area contributed by atoms with Crippen molar-refractivity contribution in [3.63, 3.8) is 0 Å². The van der Waals surface area contributed by atoms with Crippen LogP contribution in [0.2, 0.25) is 0 Å². The molecule has 1 fully saturated rings. The summed E-state index contributed by atoms with van der Waals surface area (Å²) < 4.78 is 1.57. The second-order valence-electron chi connectivity index (χ2n) is 7.61. The molecular formula is C23H25N3O2. The molecule has 0 aliphatic heterocycles. The van der Waals surface area contributed by atoms with E-state index in [1.807, 2.05) is 55.5 Å². The van der Waals surface area contributed by atoms with E-state index in [1.165, 1.54) is 12.6 Å². The first kappa shape index (κ1) is 18.4. The van der Waals surface area contributed by atoms with Crippen molar-refractivity contribution in [2.24, 2.45) is 0 Å². The number of hydrogen-bond donors (Lipinski definition) is 1. The van der Waals surface area contributed by atoms with E-state index in [4.69, 9.17) is 0 Å². The van der Waals surface area contributed by atoms with E-state index < -0.39 is 6.04 Å². The minimum Gasteiger partial charge on any atom is -0.351 e. The molecule has 28 heavy (non-hydrogen) atoms. The van der Waals surface area contributed by atoms with Crippen molar-refractivity contribution < 1.29 is 4.79 Å². The van der Waals surface area contributed by atoms with Crippen LogP contribution in [0.1, 0.15) is 49.3 Å². The van der Waals surface area contributed by atoms with Gasteiger partial charge in [-0.25, -0.2) is 4.98 Å². The van der Waals surface area contributed by atoms with Crippen LogP contribution in [0.15, 0.2) is 59.5 Å². The van der Waals surface area contributed by atoms with Gasteiger partial charge in [-0.15, -0.1) is 0 Å². The molecule has 144 valence electrons. The fourth-order valence-electron chi connectivity index (χ4n) is 4.04. The molecule has 0 spiro atoms. The summed E-state index contributed by atoms with van der Waals surface area (Å²) in [5, 5.41) is 3.20. The lowest BCUT2D eigenvalue weighted by atomic mass is 9.94. The number of amides is 1. The molecule has 1 heterocycles. The second-order valence-corrected chi connectivity index (χ2v) is 7.61. The van der Waals surface area contributed by atoms with Crippen LogP contribution in [-0.2, 0) is 4.79 Å².